The van der Waals surface area contributed by atoms with Crippen molar-refractivity contribution in [3.8, 4) is 22.3 Å². The van der Waals surface area contributed by atoms with Crippen LogP contribution in [0.15, 0.2) is 188 Å². The minimum Gasteiger partial charge on any atom is -0.310 e. The number of hydrogen-bond donors (Lipinski definition) is 0. The zero-order valence-corrected chi connectivity index (χ0v) is 25.8. The standard InChI is InChI=1S/C46H31N/c1-2-13-35-29-36(24-23-32(35)11-1)33-25-27-39(28-26-33)47(46-22-10-15-34-12-3-6-19-42(34)46)40-17-9-16-37(30-40)45-31-38-14-4-5-18-41(38)43-20-7-8-21-44(43)45/h1-31H. The number of anilines is 3. The molecule has 9 aromatic carbocycles. The molecule has 9 aromatic rings. The van der Waals surface area contributed by atoms with Crippen molar-refractivity contribution in [3.63, 3.8) is 0 Å². The van der Waals surface area contributed by atoms with Crippen LogP contribution in [0.4, 0.5) is 17.1 Å². The Bertz CT molecular complexity index is 2570. The van der Waals surface area contributed by atoms with Gasteiger partial charge >= 0.3 is 0 Å². The van der Waals surface area contributed by atoms with Gasteiger partial charge in [0.1, 0.15) is 0 Å². The van der Waals surface area contributed by atoms with Crippen LogP contribution in [0.1, 0.15) is 0 Å². The number of benzene rings is 9. The van der Waals surface area contributed by atoms with E-state index in [1.165, 1.54) is 65.3 Å². The van der Waals surface area contributed by atoms with Crippen molar-refractivity contribution in [1.82, 2.24) is 0 Å². The van der Waals surface area contributed by atoms with Gasteiger partial charge in [0, 0.05) is 16.8 Å². The van der Waals surface area contributed by atoms with Crippen LogP contribution in [-0.4, -0.2) is 0 Å². The Morgan fingerprint density at radius 1 is 0.277 bits per heavy atom. The lowest BCUT2D eigenvalue weighted by Crippen LogP contribution is -2.10. The van der Waals surface area contributed by atoms with Crippen molar-refractivity contribution in [2.24, 2.45) is 0 Å². The fourth-order valence-corrected chi connectivity index (χ4v) is 7.11. The van der Waals surface area contributed by atoms with E-state index in [1.807, 2.05) is 0 Å². The van der Waals surface area contributed by atoms with Gasteiger partial charge in [0.2, 0.25) is 0 Å². The van der Waals surface area contributed by atoms with Crippen LogP contribution < -0.4 is 4.90 Å². The summed E-state index contributed by atoms with van der Waals surface area (Å²) in [7, 11) is 0. The lowest BCUT2D eigenvalue weighted by atomic mass is 9.93. The summed E-state index contributed by atoms with van der Waals surface area (Å²) in [5.41, 5.74) is 8.25. The van der Waals surface area contributed by atoms with E-state index in [9.17, 15) is 0 Å². The quantitative estimate of drug-likeness (QED) is 0.178. The highest BCUT2D eigenvalue weighted by Crippen LogP contribution is 2.42. The van der Waals surface area contributed by atoms with E-state index < -0.39 is 0 Å². The highest BCUT2D eigenvalue weighted by molar-refractivity contribution is 6.14. The zero-order valence-electron chi connectivity index (χ0n) is 25.8. The molecule has 0 aromatic heterocycles. The van der Waals surface area contributed by atoms with E-state index in [4.69, 9.17) is 0 Å². The van der Waals surface area contributed by atoms with Crippen molar-refractivity contribution in [2.75, 3.05) is 4.90 Å². The van der Waals surface area contributed by atoms with E-state index >= 15 is 0 Å². The molecule has 0 aliphatic carbocycles. The first kappa shape index (κ1) is 27.2. The van der Waals surface area contributed by atoms with Gasteiger partial charge in [-0.3, -0.25) is 0 Å². The molecule has 0 heterocycles. The third-order valence-electron chi connectivity index (χ3n) is 9.40. The minimum absolute atomic E-state index is 1.12. The molecule has 1 nitrogen and oxygen atoms in total. The van der Waals surface area contributed by atoms with Crippen LogP contribution in [0.2, 0.25) is 0 Å². The Labute approximate surface area is 274 Å². The number of fused-ring (bicyclic) bond motifs is 5. The average Bonchev–Trinajstić information content (AvgIpc) is 3.15. The number of nitrogens with zero attached hydrogens (tertiary/aromatic N) is 1. The van der Waals surface area contributed by atoms with Gasteiger partial charge < -0.3 is 4.90 Å². The molecular formula is C46H31N. The molecule has 220 valence electrons. The molecule has 0 aliphatic heterocycles. The molecule has 0 unspecified atom stereocenters. The average molecular weight is 598 g/mol. The summed E-state index contributed by atoms with van der Waals surface area (Å²) < 4.78 is 0. The van der Waals surface area contributed by atoms with Crippen molar-refractivity contribution in [1.29, 1.82) is 0 Å². The largest absolute Gasteiger partial charge is 0.310 e. The maximum Gasteiger partial charge on any atom is 0.0540 e. The fourth-order valence-electron chi connectivity index (χ4n) is 7.11. The lowest BCUT2D eigenvalue weighted by molar-refractivity contribution is 1.30. The molecule has 1 heteroatoms. The van der Waals surface area contributed by atoms with Crippen molar-refractivity contribution < 1.29 is 0 Å². The van der Waals surface area contributed by atoms with Gasteiger partial charge in [-0.25, -0.2) is 0 Å². The Hall–Kier alpha value is -6.18. The highest BCUT2D eigenvalue weighted by atomic mass is 15.1. The molecule has 47 heavy (non-hydrogen) atoms. The number of hydrogen-bond acceptors (Lipinski definition) is 1. The smallest absolute Gasteiger partial charge is 0.0540 e. The SMILES string of the molecule is c1cc(-c2cc3ccccc3c3ccccc23)cc(N(c2ccc(-c3ccc4ccccc4c3)cc2)c2cccc3ccccc23)c1. The second-order valence-electron chi connectivity index (χ2n) is 12.2. The van der Waals surface area contributed by atoms with Gasteiger partial charge in [-0.15, -0.1) is 0 Å². The molecule has 0 fully saturated rings. The van der Waals surface area contributed by atoms with Gasteiger partial charge in [-0.2, -0.15) is 0 Å². The van der Waals surface area contributed by atoms with Crippen LogP contribution in [0, 0.1) is 0 Å². The molecule has 0 amide bonds. The first-order valence-corrected chi connectivity index (χ1v) is 16.2. The van der Waals surface area contributed by atoms with Crippen LogP contribution in [-0.2, 0) is 0 Å². The van der Waals surface area contributed by atoms with Crippen LogP contribution in [0.3, 0.4) is 0 Å². The molecule has 0 aliphatic rings. The fraction of sp³-hybridized carbons (Fsp3) is 0. The van der Waals surface area contributed by atoms with Gasteiger partial charge in [0.15, 0.2) is 0 Å². The molecular weight excluding hydrogens is 567 g/mol. The van der Waals surface area contributed by atoms with Gasteiger partial charge in [-0.05, 0) is 102 Å². The third kappa shape index (κ3) is 4.81. The normalized spacial score (nSPS) is 11.4. The maximum absolute atomic E-state index is 2.40. The first-order chi connectivity index (χ1) is 23.3. The summed E-state index contributed by atoms with van der Waals surface area (Å²) in [5, 5.41) is 10.0. The molecule has 0 spiro atoms. The van der Waals surface area contributed by atoms with Crippen LogP contribution in [0.5, 0.6) is 0 Å². The second-order valence-corrected chi connectivity index (χ2v) is 12.2. The van der Waals surface area contributed by atoms with Crippen LogP contribution >= 0.6 is 0 Å². The number of rotatable bonds is 5. The molecule has 0 saturated heterocycles. The summed E-state index contributed by atoms with van der Waals surface area (Å²) in [4.78, 5) is 2.40. The third-order valence-corrected chi connectivity index (χ3v) is 9.40. The minimum atomic E-state index is 1.12. The lowest BCUT2D eigenvalue weighted by Gasteiger charge is -2.27. The van der Waals surface area contributed by atoms with E-state index in [1.54, 1.807) is 0 Å². The van der Waals surface area contributed by atoms with Crippen molar-refractivity contribution in [2.45, 2.75) is 0 Å². The molecule has 0 atom stereocenters. The summed E-state index contributed by atoms with van der Waals surface area (Å²) in [6, 6.07) is 68.3. The molecule has 9 rings (SSSR count). The van der Waals surface area contributed by atoms with Crippen molar-refractivity contribution in [3.05, 3.63) is 188 Å². The maximum atomic E-state index is 2.40. The first-order valence-electron chi connectivity index (χ1n) is 16.2. The molecule has 0 N–H and O–H groups in total. The van der Waals surface area contributed by atoms with Gasteiger partial charge in [0.25, 0.3) is 0 Å². The predicted molar refractivity (Wildman–Crippen MR) is 202 cm³/mol. The highest BCUT2D eigenvalue weighted by Gasteiger charge is 2.17. The monoisotopic (exact) mass is 597 g/mol. The summed E-state index contributed by atoms with van der Waals surface area (Å²) in [5.74, 6) is 0. The van der Waals surface area contributed by atoms with Gasteiger partial charge in [-0.1, -0.05) is 146 Å². The Morgan fingerprint density at radius 3 is 1.72 bits per heavy atom. The Morgan fingerprint density at radius 2 is 0.894 bits per heavy atom. The van der Waals surface area contributed by atoms with Crippen molar-refractivity contribution >= 4 is 60.2 Å². The molecule has 0 radical (unpaired) electrons. The van der Waals surface area contributed by atoms with Crippen LogP contribution in [0.25, 0.3) is 65.3 Å². The summed E-state index contributed by atoms with van der Waals surface area (Å²) in [6.45, 7) is 0. The van der Waals surface area contributed by atoms with Gasteiger partial charge in [0.05, 0.1) is 5.69 Å². The summed E-state index contributed by atoms with van der Waals surface area (Å²) in [6.07, 6.45) is 0. The Kier molecular flexibility index (Phi) is 6.54. The second kappa shape index (κ2) is 11.3. The van der Waals surface area contributed by atoms with E-state index in [-0.39, 0.29) is 0 Å². The molecule has 0 saturated carbocycles. The Balaban J connectivity index is 1.21. The zero-order chi connectivity index (χ0) is 31.2. The topological polar surface area (TPSA) is 3.24 Å². The van der Waals surface area contributed by atoms with E-state index in [2.05, 4.69) is 193 Å². The van der Waals surface area contributed by atoms with E-state index in [0.717, 1.165) is 17.1 Å². The van der Waals surface area contributed by atoms with E-state index in [0.29, 0.717) is 0 Å². The predicted octanol–water partition coefficient (Wildman–Crippen LogP) is 13.1. The molecule has 0 bridgehead atoms. The summed E-state index contributed by atoms with van der Waals surface area (Å²) >= 11 is 0.